The maximum atomic E-state index is 13.3. The lowest BCUT2D eigenvalue weighted by Crippen LogP contribution is -2.17. The van der Waals surface area contributed by atoms with Crippen LogP contribution in [-0.2, 0) is 0 Å². The molecule has 10 heteroatoms. The van der Waals surface area contributed by atoms with Crippen LogP contribution in [0.5, 0.6) is 17.2 Å². The normalized spacial score (nSPS) is 11.0. The van der Waals surface area contributed by atoms with Crippen LogP contribution in [0, 0.1) is 17.5 Å². The lowest BCUT2D eigenvalue weighted by molar-refractivity contribution is 0.0955. The summed E-state index contributed by atoms with van der Waals surface area (Å²) in [5.41, 5.74) is 3.10. The summed E-state index contributed by atoms with van der Waals surface area (Å²) in [6, 6.07) is 10.4. The van der Waals surface area contributed by atoms with Crippen molar-refractivity contribution < 1.29 is 27.8 Å². The number of phenols is 1. The van der Waals surface area contributed by atoms with E-state index in [1.807, 2.05) is 0 Å². The van der Waals surface area contributed by atoms with Gasteiger partial charge in [-0.3, -0.25) is 4.79 Å². The van der Waals surface area contributed by atoms with E-state index in [2.05, 4.69) is 42.4 Å². The van der Waals surface area contributed by atoms with Crippen LogP contribution < -0.4 is 10.2 Å². The minimum Gasteiger partial charge on any atom is -0.506 e. The number of nitrogens with one attached hydrogen (secondary N) is 1. The van der Waals surface area contributed by atoms with Crippen LogP contribution in [-0.4, -0.2) is 17.2 Å². The fourth-order valence-electron chi connectivity index (χ4n) is 2.32. The average Bonchev–Trinajstić information content (AvgIpc) is 2.70. The van der Waals surface area contributed by atoms with Crippen molar-refractivity contribution in [1.29, 1.82) is 0 Å². The van der Waals surface area contributed by atoms with Crippen LogP contribution >= 0.6 is 31.9 Å². The highest BCUT2D eigenvalue weighted by Gasteiger charge is 2.13. The summed E-state index contributed by atoms with van der Waals surface area (Å²) in [5, 5.41) is 13.5. The van der Waals surface area contributed by atoms with Crippen molar-refractivity contribution in [2.75, 3.05) is 0 Å². The predicted octanol–water partition coefficient (Wildman–Crippen LogP) is 5.89. The Hall–Kier alpha value is -2.85. The number of carbonyl (C=O) groups excluding carboxylic acids is 1. The highest BCUT2D eigenvalue weighted by Crippen LogP contribution is 2.32. The number of amides is 1. The largest absolute Gasteiger partial charge is 0.506 e. The number of benzene rings is 3. The summed E-state index contributed by atoms with van der Waals surface area (Å²) >= 11 is 6.38. The Kier molecular flexibility index (Phi) is 6.78. The van der Waals surface area contributed by atoms with E-state index in [1.165, 1.54) is 30.5 Å². The summed E-state index contributed by atoms with van der Waals surface area (Å²) in [6.45, 7) is 0. The number of carbonyl (C=O) groups is 1. The van der Waals surface area contributed by atoms with Gasteiger partial charge in [-0.1, -0.05) is 6.07 Å². The first kappa shape index (κ1) is 21.8. The first-order valence-electron chi connectivity index (χ1n) is 8.18. The summed E-state index contributed by atoms with van der Waals surface area (Å²) in [4.78, 5) is 12.3. The molecule has 0 aromatic heterocycles. The van der Waals surface area contributed by atoms with E-state index in [1.54, 1.807) is 12.1 Å². The van der Waals surface area contributed by atoms with E-state index in [4.69, 9.17) is 4.74 Å². The molecule has 0 aliphatic heterocycles. The van der Waals surface area contributed by atoms with Crippen LogP contribution in [0.15, 0.2) is 62.6 Å². The molecule has 0 spiro atoms. The van der Waals surface area contributed by atoms with Gasteiger partial charge in [0.2, 0.25) is 0 Å². The summed E-state index contributed by atoms with van der Waals surface area (Å²) < 4.78 is 45.8. The lowest BCUT2D eigenvalue weighted by Gasteiger charge is -2.08. The molecule has 2 N–H and O–H groups in total. The molecule has 0 aliphatic rings. The molecular weight excluding hydrogens is 533 g/mol. The minimum absolute atomic E-state index is 0.0360. The molecule has 0 bridgehead atoms. The van der Waals surface area contributed by atoms with Crippen LogP contribution in [0.2, 0.25) is 0 Å². The fraction of sp³-hybridized carbons (Fsp3) is 0. The van der Waals surface area contributed by atoms with E-state index in [-0.39, 0.29) is 22.8 Å². The van der Waals surface area contributed by atoms with Gasteiger partial charge in [-0.05, 0) is 67.8 Å². The molecular formula is C20H11Br2F3N2O3. The summed E-state index contributed by atoms with van der Waals surface area (Å²) in [5.74, 6) is -5.05. The number of ether oxygens (including phenoxy) is 1. The molecule has 0 saturated carbocycles. The summed E-state index contributed by atoms with van der Waals surface area (Å²) in [6.07, 6.45) is 1.37. The van der Waals surface area contributed by atoms with Crippen LogP contribution in [0.25, 0.3) is 0 Å². The smallest absolute Gasteiger partial charge is 0.271 e. The maximum Gasteiger partial charge on any atom is 0.271 e. The molecule has 0 radical (unpaired) electrons. The van der Waals surface area contributed by atoms with Crippen molar-refractivity contribution in [3.63, 3.8) is 0 Å². The Morgan fingerprint density at radius 1 is 1.00 bits per heavy atom. The van der Waals surface area contributed by atoms with Gasteiger partial charge in [0.25, 0.3) is 5.91 Å². The molecule has 154 valence electrons. The Labute approximate surface area is 185 Å². The van der Waals surface area contributed by atoms with Crippen molar-refractivity contribution in [3.05, 3.63) is 86.1 Å². The van der Waals surface area contributed by atoms with Gasteiger partial charge in [0.1, 0.15) is 17.2 Å². The number of phenolic OH excluding ortho intramolecular Hbond substituents is 1. The molecule has 1 amide bonds. The van der Waals surface area contributed by atoms with Gasteiger partial charge >= 0.3 is 0 Å². The SMILES string of the molecule is O=C(N/N=C/c1cc(Br)c(O)c(Br)c1)c1cccc(Oc2cc(F)c(F)c(F)c2)c1. The fourth-order valence-corrected chi connectivity index (χ4v) is 3.54. The zero-order chi connectivity index (χ0) is 21.8. The van der Waals surface area contributed by atoms with Gasteiger partial charge < -0.3 is 9.84 Å². The number of hydrogen-bond donors (Lipinski definition) is 2. The second-order valence-corrected chi connectivity index (χ2v) is 7.57. The Morgan fingerprint density at radius 3 is 2.27 bits per heavy atom. The second kappa shape index (κ2) is 9.31. The van der Waals surface area contributed by atoms with Gasteiger partial charge in [-0.15, -0.1) is 0 Å². The average molecular weight is 544 g/mol. The zero-order valence-electron chi connectivity index (χ0n) is 14.8. The standard InChI is InChI=1S/C20H11Br2F3N2O3/c21-14-4-10(5-15(22)19(14)28)9-26-27-20(29)11-2-1-3-12(6-11)30-13-7-16(23)18(25)17(24)8-13/h1-9,28H,(H,27,29)/b26-9+. The lowest BCUT2D eigenvalue weighted by atomic mass is 10.2. The van der Waals surface area contributed by atoms with E-state index < -0.39 is 23.4 Å². The minimum atomic E-state index is -1.60. The molecule has 30 heavy (non-hydrogen) atoms. The molecule has 3 aromatic rings. The number of hydrogen-bond acceptors (Lipinski definition) is 4. The van der Waals surface area contributed by atoms with E-state index >= 15 is 0 Å². The zero-order valence-corrected chi connectivity index (χ0v) is 18.0. The maximum absolute atomic E-state index is 13.3. The molecule has 3 aromatic carbocycles. The second-order valence-electron chi connectivity index (χ2n) is 5.86. The van der Waals surface area contributed by atoms with Gasteiger partial charge in [0.05, 0.1) is 15.2 Å². The van der Waals surface area contributed by atoms with Crippen molar-refractivity contribution in [2.45, 2.75) is 0 Å². The van der Waals surface area contributed by atoms with Crippen molar-refractivity contribution in [2.24, 2.45) is 5.10 Å². The van der Waals surface area contributed by atoms with Crippen LogP contribution in [0.3, 0.4) is 0 Å². The molecule has 0 saturated heterocycles. The van der Waals surface area contributed by atoms with Crippen molar-refractivity contribution >= 4 is 44.0 Å². The van der Waals surface area contributed by atoms with E-state index in [9.17, 15) is 23.1 Å². The molecule has 0 unspecified atom stereocenters. The highest BCUT2D eigenvalue weighted by atomic mass is 79.9. The van der Waals surface area contributed by atoms with Gasteiger partial charge in [-0.25, -0.2) is 18.6 Å². The number of halogens is 5. The Bertz CT molecular complexity index is 1110. The molecule has 0 heterocycles. The third kappa shape index (κ3) is 5.19. The third-order valence-electron chi connectivity index (χ3n) is 3.71. The number of nitrogens with zero attached hydrogens (tertiary/aromatic N) is 1. The third-order valence-corrected chi connectivity index (χ3v) is 4.92. The Balaban J connectivity index is 1.70. The Morgan fingerprint density at radius 2 is 1.63 bits per heavy atom. The first-order chi connectivity index (χ1) is 14.2. The monoisotopic (exact) mass is 542 g/mol. The van der Waals surface area contributed by atoms with Crippen molar-refractivity contribution in [3.8, 4) is 17.2 Å². The molecule has 5 nitrogen and oxygen atoms in total. The van der Waals surface area contributed by atoms with Gasteiger partial charge in [0.15, 0.2) is 17.5 Å². The van der Waals surface area contributed by atoms with Gasteiger partial charge in [0, 0.05) is 17.7 Å². The number of rotatable bonds is 5. The predicted molar refractivity (Wildman–Crippen MR) is 111 cm³/mol. The quantitative estimate of drug-likeness (QED) is 0.239. The van der Waals surface area contributed by atoms with Gasteiger partial charge in [-0.2, -0.15) is 5.10 Å². The van der Waals surface area contributed by atoms with E-state index in [0.29, 0.717) is 26.6 Å². The van der Waals surface area contributed by atoms with Crippen LogP contribution in [0.4, 0.5) is 13.2 Å². The van der Waals surface area contributed by atoms with E-state index in [0.717, 1.165) is 0 Å². The molecule has 0 fully saturated rings. The topological polar surface area (TPSA) is 70.9 Å². The first-order valence-corrected chi connectivity index (χ1v) is 9.77. The van der Waals surface area contributed by atoms with Crippen LogP contribution in [0.1, 0.15) is 15.9 Å². The molecule has 3 rings (SSSR count). The molecule has 0 atom stereocenters. The number of aromatic hydroxyl groups is 1. The molecule has 0 aliphatic carbocycles. The highest BCUT2D eigenvalue weighted by molar-refractivity contribution is 9.11. The van der Waals surface area contributed by atoms with Crippen molar-refractivity contribution in [1.82, 2.24) is 5.43 Å². The number of hydrazone groups is 1. The summed E-state index contributed by atoms with van der Waals surface area (Å²) in [7, 11) is 0.